The highest BCUT2D eigenvalue weighted by Crippen LogP contribution is 2.47. The third-order valence-corrected chi connectivity index (χ3v) is 8.45. The average molecular weight is 538 g/mol. The van der Waals surface area contributed by atoms with Crippen molar-refractivity contribution in [2.45, 2.75) is 31.8 Å². The number of ether oxygens (including phenoxy) is 1. The van der Waals surface area contributed by atoms with Crippen LogP contribution in [0.25, 0.3) is 0 Å². The maximum absolute atomic E-state index is 13.4. The normalized spacial score (nSPS) is 22.9. The van der Waals surface area contributed by atoms with Crippen molar-refractivity contribution in [3.05, 3.63) is 57.7 Å². The van der Waals surface area contributed by atoms with Gasteiger partial charge in [0.25, 0.3) is 0 Å². The van der Waals surface area contributed by atoms with Crippen molar-refractivity contribution in [2.24, 2.45) is 17.3 Å². The molecule has 1 aromatic carbocycles. The molecule has 8 nitrogen and oxygen atoms in total. The Morgan fingerprint density at radius 2 is 1.84 bits per heavy atom. The third-order valence-electron chi connectivity index (χ3n) is 7.72. The first kappa shape index (κ1) is 25.3. The zero-order valence-electron chi connectivity index (χ0n) is 20.2. The smallest absolute Gasteiger partial charge is 0.243 e. The molecule has 1 saturated carbocycles. The summed E-state index contributed by atoms with van der Waals surface area (Å²) in [4.78, 5) is 33.7. The first-order valence-electron chi connectivity index (χ1n) is 12.2. The second-order valence-corrected chi connectivity index (χ2v) is 10.9. The van der Waals surface area contributed by atoms with Gasteiger partial charge >= 0.3 is 0 Å². The van der Waals surface area contributed by atoms with E-state index in [2.05, 4.69) is 11.1 Å². The van der Waals surface area contributed by atoms with Crippen LogP contribution in [0.4, 0.5) is 0 Å². The maximum Gasteiger partial charge on any atom is 0.243 e. The topological polar surface area (TPSA) is 110 Å². The van der Waals surface area contributed by atoms with Gasteiger partial charge in [0, 0.05) is 50.3 Å². The highest BCUT2D eigenvalue weighted by atomic mass is 35.5. The van der Waals surface area contributed by atoms with E-state index in [-0.39, 0.29) is 35.7 Å². The number of nitrogens with zero attached hydrogens (tertiary/aromatic N) is 5. The average Bonchev–Trinajstić information content (AvgIpc) is 3.55. The van der Waals surface area contributed by atoms with Crippen LogP contribution in [0.1, 0.15) is 36.8 Å². The minimum Gasteiger partial charge on any atom is -0.474 e. The summed E-state index contributed by atoms with van der Waals surface area (Å²) in [5, 5.41) is 19.2. The fourth-order valence-corrected chi connectivity index (χ4v) is 5.54. The summed E-state index contributed by atoms with van der Waals surface area (Å²) < 4.78 is 6.14. The van der Waals surface area contributed by atoms with E-state index < -0.39 is 5.41 Å². The number of nitriles is 2. The minimum atomic E-state index is -0.863. The maximum atomic E-state index is 13.4. The van der Waals surface area contributed by atoms with Crippen molar-refractivity contribution in [1.82, 2.24) is 14.8 Å². The van der Waals surface area contributed by atoms with Crippen LogP contribution in [-0.2, 0) is 9.59 Å². The van der Waals surface area contributed by atoms with E-state index in [4.69, 9.17) is 33.2 Å². The van der Waals surface area contributed by atoms with Gasteiger partial charge in [-0.3, -0.25) is 9.59 Å². The molecule has 2 aliphatic heterocycles. The van der Waals surface area contributed by atoms with Gasteiger partial charge in [-0.25, -0.2) is 4.98 Å². The van der Waals surface area contributed by atoms with Gasteiger partial charge < -0.3 is 14.5 Å². The van der Waals surface area contributed by atoms with Crippen LogP contribution >= 0.6 is 23.2 Å². The molecule has 1 aliphatic carbocycles. The first-order valence-corrected chi connectivity index (χ1v) is 13.0. The highest BCUT2D eigenvalue weighted by Gasteiger charge is 2.55. The fourth-order valence-electron chi connectivity index (χ4n) is 5.23. The van der Waals surface area contributed by atoms with Crippen molar-refractivity contribution in [1.29, 1.82) is 10.5 Å². The van der Waals surface area contributed by atoms with Crippen LogP contribution < -0.4 is 4.74 Å². The quantitative estimate of drug-likeness (QED) is 0.549. The summed E-state index contributed by atoms with van der Waals surface area (Å²) in [7, 11) is 0. The summed E-state index contributed by atoms with van der Waals surface area (Å²) in [5.74, 6) is -0.110. The van der Waals surface area contributed by atoms with Crippen LogP contribution in [0.2, 0.25) is 10.0 Å². The summed E-state index contributed by atoms with van der Waals surface area (Å²) in [5.41, 5.74) is 0.549. The van der Waals surface area contributed by atoms with Crippen molar-refractivity contribution >= 4 is 35.0 Å². The van der Waals surface area contributed by atoms with Crippen LogP contribution in [-0.4, -0.2) is 58.9 Å². The lowest BCUT2D eigenvalue weighted by atomic mass is 9.86. The molecule has 3 aliphatic rings. The molecule has 0 N–H and O–H groups in total. The molecule has 2 aromatic rings. The number of carbonyl (C=O) groups excluding carboxylic acids is 2. The van der Waals surface area contributed by atoms with E-state index in [1.165, 1.54) is 6.20 Å². The number of likely N-dealkylation sites (tertiary alicyclic amines) is 2. The summed E-state index contributed by atoms with van der Waals surface area (Å²) >= 11 is 12.5. The van der Waals surface area contributed by atoms with Gasteiger partial charge in [0.05, 0.1) is 27.6 Å². The second-order valence-electron chi connectivity index (χ2n) is 10.1. The zero-order valence-corrected chi connectivity index (χ0v) is 21.7. The molecule has 3 atom stereocenters. The number of carbonyl (C=O) groups is 2. The Hall–Kier alpha value is -3.33. The second kappa shape index (κ2) is 9.85. The predicted molar refractivity (Wildman–Crippen MR) is 136 cm³/mol. The molecule has 3 heterocycles. The largest absolute Gasteiger partial charge is 0.474 e. The SMILES string of the molecule is C[C@H](Oc1ccc(C#N)cn1)C1CN(C(=O)C2CN(C(=O)C3(C#N)CC3)C2)C[C@@H]1c1ccc(Cl)c(Cl)c1. The molecule has 0 bridgehead atoms. The molecule has 37 heavy (non-hydrogen) atoms. The Morgan fingerprint density at radius 3 is 2.43 bits per heavy atom. The number of halogens is 2. The van der Waals surface area contributed by atoms with E-state index >= 15 is 0 Å². The molecular weight excluding hydrogens is 513 g/mol. The number of amides is 2. The molecule has 2 saturated heterocycles. The van der Waals surface area contributed by atoms with Gasteiger partial charge in [-0.15, -0.1) is 0 Å². The Morgan fingerprint density at radius 1 is 1.08 bits per heavy atom. The summed E-state index contributed by atoms with van der Waals surface area (Å²) in [6.07, 6.45) is 2.37. The standard InChI is InChI=1S/C27H25Cl2N5O3/c1-16(37-24-5-2-17(9-30)10-32-24)20-13-33(14-21(20)18-3-4-22(28)23(29)8-18)25(35)19-11-34(12-19)26(36)27(15-31)6-7-27/h2-5,8,10,16,19-21H,6-7,11-14H2,1H3/t16-,20?,21+/m0/s1. The van der Waals surface area contributed by atoms with Crippen LogP contribution in [0.15, 0.2) is 36.5 Å². The van der Waals surface area contributed by atoms with Crippen LogP contribution in [0.5, 0.6) is 5.88 Å². The molecule has 2 amide bonds. The molecule has 1 aromatic heterocycles. The van der Waals surface area contributed by atoms with E-state index in [9.17, 15) is 14.9 Å². The fraction of sp³-hybridized carbons (Fsp3) is 0.444. The van der Waals surface area contributed by atoms with Crippen molar-refractivity contribution in [2.75, 3.05) is 26.2 Å². The highest BCUT2D eigenvalue weighted by molar-refractivity contribution is 6.42. The van der Waals surface area contributed by atoms with Gasteiger partial charge in [-0.05, 0) is 43.5 Å². The number of hydrogen-bond acceptors (Lipinski definition) is 6. The molecule has 0 radical (unpaired) electrons. The van der Waals surface area contributed by atoms with E-state index in [0.717, 1.165) is 5.56 Å². The molecule has 5 rings (SSSR count). The third kappa shape index (κ3) is 4.84. The van der Waals surface area contributed by atoms with Crippen molar-refractivity contribution < 1.29 is 14.3 Å². The number of pyridine rings is 1. The Labute approximate surface area is 225 Å². The van der Waals surface area contributed by atoms with E-state index in [1.807, 2.05) is 30.0 Å². The Bertz CT molecular complexity index is 1310. The van der Waals surface area contributed by atoms with Crippen molar-refractivity contribution in [3.8, 4) is 18.0 Å². The van der Waals surface area contributed by atoms with Gasteiger partial charge in [0.15, 0.2) is 0 Å². The zero-order chi connectivity index (χ0) is 26.3. The molecular formula is C27H25Cl2N5O3. The minimum absolute atomic E-state index is 0.00196. The van der Waals surface area contributed by atoms with E-state index in [1.54, 1.807) is 23.1 Å². The Balaban J connectivity index is 1.30. The molecule has 1 unspecified atom stereocenters. The summed E-state index contributed by atoms with van der Waals surface area (Å²) in [6, 6.07) is 13.0. The monoisotopic (exact) mass is 537 g/mol. The lowest BCUT2D eigenvalue weighted by Crippen LogP contribution is -2.57. The molecule has 3 fully saturated rings. The number of hydrogen-bond donors (Lipinski definition) is 0. The summed E-state index contributed by atoms with van der Waals surface area (Å²) in [6.45, 7) is 3.61. The van der Waals surface area contributed by atoms with Gasteiger partial charge in [-0.1, -0.05) is 29.3 Å². The van der Waals surface area contributed by atoms with Gasteiger partial charge in [0.2, 0.25) is 17.7 Å². The molecule has 0 spiro atoms. The number of aromatic nitrogens is 1. The molecule has 10 heteroatoms. The number of benzene rings is 1. The first-order chi connectivity index (χ1) is 17.7. The van der Waals surface area contributed by atoms with Gasteiger partial charge in [-0.2, -0.15) is 10.5 Å². The van der Waals surface area contributed by atoms with Crippen molar-refractivity contribution in [3.63, 3.8) is 0 Å². The molecule has 190 valence electrons. The lowest BCUT2D eigenvalue weighted by Gasteiger charge is -2.41. The Kier molecular flexibility index (Phi) is 6.74. The van der Waals surface area contributed by atoms with Crippen LogP contribution in [0.3, 0.4) is 0 Å². The van der Waals surface area contributed by atoms with Crippen LogP contribution in [0, 0.1) is 39.9 Å². The number of rotatable bonds is 6. The lowest BCUT2D eigenvalue weighted by molar-refractivity contribution is -0.150. The van der Waals surface area contributed by atoms with E-state index in [0.29, 0.717) is 60.5 Å². The van der Waals surface area contributed by atoms with Gasteiger partial charge in [0.1, 0.15) is 17.6 Å². The predicted octanol–water partition coefficient (Wildman–Crippen LogP) is 4.03.